The molecule has 0 bridgehead atoms. The van der Waals surface area contributed by atoms with Crippen LogP contribution in [0.1, 0.15) is 55.4 Å². The molecule has 4 rings (SSSR count). The average molecular weight is 352 g/mol. The Labute approximate surface area is 152 Å². The van der Waals surface area contributed by atoms with Gasteiger partial charge in [-0.2, -0.15) is 9.61 Å². The first-order chi connectivity index (χ1) is 12.7. The van der Waals surface area contributed by atoms with Crippen LogP contribution < -0.4 is 10.5 Å². The number of ether oxygens (including phenoxy) is 1. The monoisotopic (exact) mass is 352 g/mol. The van der Waals surface area contributed by atoms with Gasteiger partial charge in [-0.05, 0) is 18.1 Å². The van der Waals surface area contributed by atoms with Crippen LogP contribution >= 0.6 is 0 Å². The molecule has 6 nitrogen and oxygen atoms in total. The van der Waals surface area contributed by atoms with Gasteiger partial charge in [0.05, 0.1) is 12.6 Å². The minimum Gasteiger partial charge on any atom is -0.494 e. The van der Waals surface area contributed by atoms with E-state index in [4.69, 9.17) is 10.5 Å². The third-order valence-corrected chi connectivity index (χ3v) is 5.38. The quantitative estimate of drug-likeness (QED) is 0.566. The summed E-state index contributed by atoms with van der Waals surface area (Å²) in [6, 6.07) is 7.53. The number of Topliss-reactive ketones (excluding diaryl/α,β-unsaturated/α-hetero) is 1. The van der Waals surface area contributed by atoms with Gasteiger partial charge in [0.25, 0.3) is 0 Å². The van der Waals surface area contributed by atoms with Crippen molar-refractivity contribution in [2.24, 2.45) is 5.92 Å². The lowest BCUT2D eigenvalue weighted by atomic mass is 9.93. The predicted molar refractivity (Wildman–Crippen MR) is 102 cm³/mol. The van der Waals surface area contributed by atoms with E-state index in [1.807, 2.05) is 24.3 Å². The Balaban J connectivity index is 1.71. The van der Waals surface area contributed by atoms with Crippen molar-refractivity contribution in [2.45, 2.75) is 44.9 Å². The number of para-hydroxylation sites is 1. The first kappa shape index (κ1) is 16.8. The summed E-state index contributed by atoms with van der Waals surface area (Å²) in [5.41, 5.74) is 8.03. The number of nitrogen functional groups attached to an aromatic ring is 1. The summed E-state index contributed by atoms with van der Waals surface area (Å²) in [5, 5.41) is 5.32. The van der Waals surface area contributed by atoms with Crippen molar-refractivity contribution in [1.82, 2.24) is 14.6 Å². The number of ketones is 1. The first-order valence-electron chi connectivity index (χ1n) is 9.32. The molecular formula is C20H24N4O2. The maximum absolute atomic E-state index is 12.8. The van der Waals surface area contributed by atoms with Crippen molar-refractivity contribution in [3.05, 3.63) is 30.0 Å². The molecule has 3 aromatic rings. The van der Waals surface area contributed by atoms with Gasteiger partial charge in [-0.3, -0.25) is 4.79 Å². The van der Waals surface area contributed by atoms with E-state index in [1.54, 1.807) is 11.6 Å². The maximum atomic E-state index is 12.8. The van der Waals surface area contributed by atoms with Crippen molar-refractivity contribution < 1.29 is 9.53 Å². The van der Waals surface area contributed by atoms with Crippen LogP contribution in [0.5, 0.6) is 5.75 Å². The summed E-state index contributed by atoms with van der Waals surface area (Å²) in [6.45, 7) is 0. The SMILES string of the molecule is COc1cccc2c1nc(N)n1nc(C(=O)CC3CCCCCC3)cc21. The second kappa shape index (κ2) is 6.94. The summed E-state index contributed by atoms with van der Waals surface area (Å²) < 4.78 is 6.94. The minimum absolute atomic E-state index is 0.0936. The van der Waals surface area contributed by atoms with Crippen LogP contribution in [0.2, 0.25) is 0 Å². The Hall–Kier alpha value is -2.63. The van der Waals surface area contributed by atoms with Gasteiger partial charge in [-0.1, -0.05) is 50.7 Å². The van der Waals surface area contributed by atoms with Gasteiger partial charge in [0.15, 0.2) is 5.78 Å². The lowest BCUT2D eigenvalue weighted by Crippen LogP contribution is -2.09. The van der Waals surface area contributed by atoms with Gasteiger partial charge in [-0.25, -0.2) is 4.98 Å². The van der Waals surface area contributed by atoms with Gasteiger partial charge in [0.1, 0.15) is 17.0 Å². The van der Waals surface area contributed by atoms with Crippen LogP contribution in [-0.4, -0.2) is 27.5 Å². The molecule has 26 heavy (non-hydrogen) atoms. The van der Waals surface area contributed by atoms with Crippen molar-refractivity contribution >= 4 is 28.2 Å². The molecule has 0 unspecified atom stereocenters. The highest BCUT2D eigenvalue weighted by Gasteiger charge is 2.21. The predicted octanol–water partition coefficient (Wildman–Crippen LogP) is 4.02. The Morgan fingerprint density at radius 1 is 1.27 bits per heavy atom. The van der Waals surface area contributed by atoms with E-state index >= 15 is 0 Å². The Morgan fingerprint density at radius 2 is 2.04 bits per heavy atom. The molecule has 2 N–H and O–H groups in total. The van der Waals surface area contributed by atoms with Crippen LogP contribution in [0.4, 0.5) is 5.95 Å². The Kier molecular flexibility index (Phi) is 4.49. The largest absolute Gasteiger partial charge is 0.494 e. The zero-order valence-electron chi connectivity index (χ0n) is 15.1. The molecule has 1 aromatic carbocycles. The van der Waals surface area contributed by atoms with Crippen LogP contribution in [0.3, 0.4) is 0 Å². The lowest BCUT2D eigenvalue weighted by molar-refractivity contribution is 0.0952. The molecule has 0 saturated heterocycles. The minimum atomic E-state index is 0.0936. The fourth-order valence-corrected chi connectivity index (χ4v) is 3.99. The van der Waals surface area contributed by atoms with Gasteiger partial charge >= 0.3 is 0 Å². The molecule has 6 heteroatoms. The number of methoxy groups -OCH3 is 1. The number of benzene rings is 1. The molecule has 1 saturated carbocycles. The number of aromatic nitrogens is 3. The lowest BCUT2D eigenvalue weighted by Gasteiger charge is -2.11. The molecule has 0 spiro atoms. The average Bonchev–Trinajstić information content (AvgIpc) is 2.95. The van der Waals surface area contributed by atoms with E-state index in [-0.39, 0.29) is 11.7 Å². The smallest absolute Gasteiger partial charge is 0.222 e. The molecule has 2 heterocycles. The molecule has 1 aliphatic carbocycles. The highest BCUT2D eigenvalue weighted by Crippen LogP contribution is 2.30. The molecule has 0 atom stereocenters. The van der Waals surface area contributed by atoms with Crippen LogP contribution in [0.25, 0.3) is 16.4 Å². The standard InChI is InChI=1S/C20H24N4O2/c1-26-18-10-6-9-14-16-12-15(23-24(16)20(21)22-19(14)18)17(25)11-13-7-4-2-3-5-8-13/h6,9-10,12-13H,2-5,7-8,11H2,1H3,(H2,21,22). The molecule has 2 aromatic heterocycles. The molecule has 1 aliphatic rings. The Bertz CT molecular complexity index is 955. The van der Waals surface area contributed by atoms with Gasteiger partial charge in [-0.15, -0.1) is 0 Å². The zero-order valence-corrected chi connectivity index (χ0v) is 15.1. The topological polar surface area (TPSA) is 82.5 Å². The van der Waals surface area contributed by atoms with E-state index in [9.17, 15) is 4.79 Å². The van der Waals surface area contributed by atoms with Crippen molar-refractivity contribution in [2.75, 3.05) is 12.8 Å². The summed E-state index contributed by atoms with van der Waals surface area (Å²) in [6.07, 6.45) is 7.88. The molecule has 0 radical (unpaired) electrons. The normalized spacial score (nSPS) is 16.0. The van der Waals surface area contributed by atoms with E-state index in [0.29, 0.717) is 29.3 Å². The number of hydrogen-bond donors (Lipinski definition) is 1. The van der Waals surface area contributed by atoms with Crippen molar-refractivity contribution in [3.63, 3.8) is 0 Å². The second-order valence-corrected chi connectivity index (χ2v) is 7.14. The molecular weight excluding hydrogens is 328 g/mol. The number of nitrogens with two attached hydrogens (primary N) is 1. The third kappa shape index (κ3) is 3.00. The Morgan fingerprint density at radius 3 is 2.77 bits per heavy atom. The summed E-state index contributed by atoms with van der Waals surface area (Å²) in [7, 11) is 1.61. The van der Waals surface area contributed by atoms with E-state index in [2.05, 4.69) is 10.1 Å². The molecule has 0 aliphatic heterocycles. The number of rotatable bonds is 4. The molecule has 136 valence electrons. The second-order valence-electron chi connectivity index (χ2n) is 7.14. The van der Waals surface area contributed by atoms with E-state index < -0.39 is 0 Å². The van der Waals surface area contributed by atoms with Crippen molar-refractivity contribution in [3.8, 4) is 5.75 Å². The van der Waals surface area contributed by atoms with Crippen LogP contribution in [0.15, 0.2) is 24.3 Å². The van der Waals surface area contributed by atoms with E-state index in [0.717, 1.165) is 23.7 Å². The van der Waals surface area contributed by atoms with Crippen LogP contribution in [-0.2, 0) is 0 Å². The fraction of sp³-hybridized carbons (Fsp3) is 0.450. The number of carbonyl (C=O) groups is 1. The highest BCUT2D eigenvalue weighted by molar-refractivity contribution is 6.02. The summed E-state index contributed by atoms with van der Waals surface area (Å²) in [5.74, 6) is 1.48. The number of anilines is 1. The van der Waals surface area contributed by atoms with Gasteiger partial charge in [0.2, 0.25) is 5.95 Å². The molecule has 0 amide bonds. The number of fused-ring (bicyclic) bond motifs is 3. The zero-order chi connectivity index (χ0) is 18.1. The summed E-state index contributed by atoms with van der Waals surface area (Å²) in [4.78, 5) is 17.2. The highest BCUT2D eigenvalue weighted by atomic mass is 16.5. The summed E-state index contributed by atoms with van der Waals surface area (Å²) >= 11 is 0. The van der Waals surface area contributed by atoms with Gasteiger partial charge in [0, 0.05) is 11.8 Å². The first-order valence-corrected chi connectivity index (χ1v) is 9.32. The maximum Gasteiger partial charge on any atom is 0.222 e. The number of carbonyl (C=O) groups excluding carboxylic acids is 1. The van der Waals surface area contributed by atoms with Gasteiger partial charge < -0.3 is 10.5 Å². The number of nitrogens with zero attached hydrogens (tertiary/aromatic N) is 3. The number of hydrogen-bond acceptors (Lipinski definition) is 5. The molecule has 1 fully saturated rings. The van der Waals surface area contributed by atoms with E-state index in [1.165, 1.54) is 25.7 Å². The third-order valence-electron chi connectivity index (χ3n) is 5.38. The fourth-order valence-electron chi connectivity index (χ4n) is 3.99. The van der Waals surface area contributed by atoms with Crippen LogP contribution in [0, 0.1) is 5.92 Å². The van der Waals surface area contributed by atoms with Crippen molar-refractivity contribution in [1.29, 1.82) is 0 Å².